The molecule has 176 valence electrons. The monoisotopic (exact) mass is 428 g/mol. The lowest BCUT2D eigenvalue weighted by Gasteiger charge is -2.70. The molecule has 5 rings (SSSR count). The molecule has 5 aliphatic carbocycles. The molecule has 0 amide bonds. The van der Waals surface area contributed by atoms with Gasteiger partial charge in [-0.15, -0.1) is 0 Å². The van der Waals surface area contributed by atoms with Crippen molar-refractivity contribution in [2.75, 3.05) is 6.61 Å². The lowest BCUT2D eigenvalue weighted by Crippen LogP contribution is -2.64. The number of rotatable bonds is 2. The molecule has 31 heavy (non-hydrogen) atoms. The van der Waals surface area contributed by atoms with Gasteiger partial charge in [0.2, 0.25) is 0 Å². The largest absolute Gasteiger partial charge is 0.396 e. The minimum atomic E-state index is -0.125. The fourth-order valence-electron chi connectivity index (χ4n) is 10.8. The van der Waals surface area contributed by atoms with E-state index < -0.39 is 0 Å². The molecule has 0 aliphatic heterocycles. The summed E-state index contributed by atoms with van der Waals surface area (Å²) >= 11 is 0. The van der Waals surface area contributed by atoms with Crippen molar-refractivity contribution in [2.24, 2.45) is 57.2 Å². The Balaban J connectivity index is 1.51. The molecule has 0 bridgehead atoms. The first-order valence-electron chi connectivity index (χ1n) is 13.5. The van der Waals surface area contributed by atoms with Crippen molar-refractivity contribution in [2.45, 2.75) is 105 Å². The standard InChI is InChI=1S/C29H48O2/c1-18(2)19-11-14-29(17-30)16-15-28(6)23(25(19)29)9-8-22-20-7-10-24(31)26(3,4)21(20)12-13-27(22,28)5/h19-25,30-31H,1,7-17H2,2-6H3. The van der Waals surface area contributed by atoms with Crippen molar-refractivity contribution in [1.82, 2.24) is 0 Å². The van der Waals surface area contributed by atoms with Gasteiger partial charge in [-0.25, -0.2) is 0 Å². The van der Waals surface area contributed by atoms with E-state index in [9.17, 15) is 10.2 Å². The summed E-state index contributed by atoms with van der Waals surface area (Å²) in [5.74, 6) is 4.26. The van der Waals surface area contributed by atoms with Gasteiger partial charge in [0.1, 0.15) is 0 Å². The second-order valence-corrected chi connectivity index (χ2v) is 13.9. The second kappa shape index (κ2) is 7.08. The summed E-state index contributed by atoms with van der Waals surface area (Å²) in [5.41, 5.74) is 2.37. The minimum absolute atomic E-state index is 0.0666. The van der Waals surface area contributed by atoms with Crippen molar-refractivity contribution in [3.8, 4) is 0 Å². The summed E-state index contributed by atoms with van der Waals surface area (Å²) < 4.78 is 0. The van der Waals surface area contributed by atoms with E-state index in [1.54, 1.807) is 0 Å². The Kier molecular flexibility index (Phi) is 5.13. The molecule has 0 aromatic rings. The highest BCUT2D eigenvalue weighted by molar-refractivity contribution is 5.20. The second-order valence-electron chi connectivity index (χ2n) is 13.9. The van der Waals surface area contributed by atoms with E-state index in [2.05, 4.69) is 41.2 Å². The van der Waals surface area contributed by atoms with Crippen LogP contribution >= 0.6 is 0 Å². The molecule has 5 fully saturated rings. The summed E-state index contributed by atoms with van der Waals surface area (Å²) in [4.78, 5) is 0. The van der Waals surface area contributed by atoms with Gasteiger partial charge >= 0.3 is 0 Å². The van der Waals surface area contributed by atoms with Crippen molar-refractivity contribution in [3.63, 3.8) is 0 Å². The molecule has 0 aromatic carbocycles. The Morgan fingerprint density at radius 2 is 1.48 bits per heavy atom. The summed E-state index contributed by atoms with van der Waals surface area (Å²) in [6.45, 7) is 17.1. The van der Waals surface area contributed by atoms with Gasteiger partial charge in [-0.1, -0.05) is 39.8 Å². The predicted molar refractivity (Wildman–Crippen MR) is 127 cm³/mol. The smallest absolute Gasteiger partial charge is 0.0594 e. The van der Waals surface area contributed by atoms with Crippen LogP contribution in [0.2, 0.25) is 0 Å². The van der Waals surface area contributed by atoms with Gasteiger partial charge in [0.05, 0.1) is 6.10 Å². The molecule has 0 heterocycles. The minimum Gasteiger partial charge on any atom is -0.396 e. The Hall–Kier alpha value is -0.340. The number of aliphatic hydroxyl groups excluding tert-OH is 2. The van der Waals surface area contributed by atoms with E-state index >= 15 is 0 Å². The van der Waals surface area contributed by atoms with Gasteiger partial charge in [-0.2, -0.15) is 0 Å². The average molecular weight is 429 g/mol. The van der Waals surface area contributed by atoms with Crippen LogP contribution in [-0.4, -0.2) is 22.9 Å². The van der Waals surface area contributed by atoms with E-state index in [1.165, 1.54) is 63.4 Å². The van der Waals surface area contributed by atoms with Gasteiger partial charge in [0.25, 0.3) is 0 Å². The molecule has 0 radical (unpaired) electrons. The molecular formula is C29H48O2. The average Bonchev–Trinajstić information content (AvgIpc) is 3.11. The first-order valence-corrected chi connectivity index (χ1v) is 13.5. The van der Waals surface area contributed by atoms with Crippen molar-refractivity contribution < 1.29 is 10.2 Å². The van der Waals surface area contributed by atoms with Gasteiger partial charge in [-0.05, 0) is 128 Å². The quantitative estimate of drug-likeness (QED) is 0.486. The summed E-state index contributed by atoms with van der Waals surface area (Å²) in [6.07, 6.45) is 12.4. The fraction of sp³-hybridized carbons (Fsp3) is 0.931. The van der Waals surface area contributed by atoms with Gasteiger partial charge in [-0.3, -0.25) is 0 Å². The SMILES string of the molecule is C=C(C)C1CCC2(CO)CCC3(C)C(CCC4C5CCC(O)C(C)(C)C5CCC43C)C12. The van der Waals surface area contributed by atoms with Crippen LogP contribution in [-0.2, 0) is 0 Å². The lowest BCUT2D eigenvalue weighted by molar-refractivity contribution is -0.221. The molecule has 2 nitrogen and oxygen atoms in total. The summed E-state index contributed by atoms with van der Waals surface area (Å²) in [6, 6.07) is 0. The number of hydrogen-bond acceptors (Lipinski definition) is 2. The maximum absolute atomic E-state index is 10.8. The van der Waals surface area contributed by atoms with Crippen LogP contribution in [0.3, 0.4) is 0 Å². The highest BCUT2D eigenvalue weighted by atomic mass is 16.3. The molecule has 5 saturated carbocycles. The lowest BCUT2D eigenvalue weighted by atomic mass is 9.35. The van der Waals surface area contributed by atoms with Crippen LogP contribution in [0.5, 0.6) is 0 Å². The molecule has 2 N–H and O–H groups in total. The molecular weight excluding hydrogens is 380 g/mol. The van der Waals surface area contributed by atoms with Crippen LogP contribution < -0.4 is 0 Å². The normalized spacial score (nSPS) is 55.5. The zero-order valence-electron chi connectivity index (χ0n) is 20.9. The number of fused-ring (bicyclic) bond motifs is 7. The Morgan fingerprint density at radius 3 is 2.16 bits per heavy atom. The third-order valence-electron chi connectivity index (χ3n) is 12.9. The predicted octanol–water partition coefficient (Wildman–Crippen LogP) is 6.61. The molecule has 5 aliphatic rings. The van der Waals surface area contributed by atoms with Gasteiger partial charge in [0, 0.05) is 6.61 Å². The van der Waals surface area contributed by atoms with E-state index in [4.69, 9.17) is 0 Å². The van der Waals surface area contributed by atoms with E-state index in [-0.39, 0.29) is 16.9 Å². The van der Waals surface area contributed by atoms with Crippen LogP contribution in [0.1, 0.15) is 98.8 Å². The molecule has 10 atom stereocenters. The molecule has 0 spiro atoms. The van der Waals surface area contributed by atoms with E-state index in [1.807, 2.05) is 0 Å². The van der Waals surface area contributed by atoms with Crippen LogP contribution in [0, 0.1) is 57.2 Å². The van der Waals surface area contributed by atoms with Crippen LogP contribution in [0.15, 0.2) is 12.2 Å². The highest BCUT2D eigenvalue weighted by Gasteiger charge is 2.68. The van der Waals surface area contributed by atoms with E-state index in [0.29, 0.717) is 35.2 Å². The third-order valence-corrected chi connectivity index (χ3v) is 12.9. The highest BCUT2D eigenvalue weighted by Crippen LogP contribution is 2.75. The first kappa shape index (κ1) is 22.5. The first-order chi connectivity index (χ1) is 14.5. The zero-order chi connectivity index (χ0) is 22.4. The summed E-state index contributed by atoms with van der Waals surface area (Å²) in [5, 5.41) is 21.4. The molecule has 2 heteroatoms. The van der Waals surface area contributed by atoms with Crippen molar-refractivity contribution >= 4 is 0 Å². The van der Waals surface area contributed by atoms with Gasteiger partial charge < -0.3 is 10.2 Å². The Morgan fingerprint density at radius 1 is 0.806 bits per heavy atom. The van der Waals surface area contributed by atoms with Crippen molar-refractivity contribution in [1.29, 1.82) is 0 Å². The number of allylic oxidation sites excluding steroid dienone is 1. The molecule has 0 aromatic heterocycles. The molecule has 10 unspecified atom stereocenters. The maximum atomic E-state index is 10.8. The van der Waals surface area contributed by atoms with E-state index in [0.717, 1.165) is 24.2 Å². The zero-order valence-corrected chi connectivity index (χ0v) is 20.9. The van der Waals surface area contributed by atoms with Gasteiger partial charge in [0.15, 0.2) is 0 Å². The number of aliphatic hydroxyl groups is 2. The topological polar surface area (TPSA) is 40.5 Å². The fourth-order valence-corrected chi connectivity index (χ4v) is 10.8. The number of hydrogen-bond donors (Lipinski definition) is 2. The van der Waals surface area contributed by atoms with Crippen LogP contribution in [0.4, 0.5) is 0 Å². The molecule has 0 saturated heterocycles. The maximum Gasteiger partial charge on any atom is 0.0594 e. The van der Waals surface area contributed by atoms with Crippen LogP contribution in [0.25, 0.3) is 0 Å². The summed E-state index contributed by atoms with van der Waals surface area (Å²) in [7, 11) is 0. The Bertz CT molecular complexity index is 741. The Labute approximate surface area is 191 Å². The third kappa shape index (κ3) is 2.76. The van der Waals surface area contributed by atoms with Crippen molar-refractivity contribution in [3.05, 3.63) is 12.2 Å².